The molecule has 8 heteroatoms. The van der Waals surface area contributed by atoms with Crippen LogP contribution in [0.25, 0.3) is 0 Å². The molecule has 148 valence electrons. The smallest absolute Gasteiger partial charge is 0.254 e. The van der Waals surface area contributed by atoms with E-state index in [1.54, 1.807) is 34.1 Å². The third-order valence-corrected chi connectivity index (χ3v) is 5.26. The van der Waals surface area contributed by atoms with Gasteiger partial charge >= 0.3 is 0 Å². The van der Waals surface area contributed by atoms with Crippen LogP contribution in [0.5, 0.6) is 11.5 Å². The monoisotopic (exact) mass is 450 g/mol. The Kier molecular flexibility index (Phi) is 6.18. The molecule has 0 spiro atoms. The van der Waals surface area contributed by atoms with Crippen LogP contribution in [0.3, 0.4) is 0 Å². The van der Waals surface area contributed by atoms with Gasteiger partial charge in [-0.15, -0.1) is 0 Å². The molecule has 0 bridgehead atoms. The Labute approximate surface area is 171 Å². The lowest BCUT2D eigenvalue weighted by molar-refractivity contribution is 0.0535. The lowest BCUT2D eigenvalue weighted by Gasteiger charge is -2.35. The first kappa shape index (κ1) is 20.1. The highest BCUT2D eigenvalue weighted by atomic mass is 79.9. The van der Waals surface area contributed by atoms with E-state index in [0.717, 1.165) is 0 Å². The van der Waals surface area contributed by atoms with Crippen molar-refractivity contribution in [2.75, 3.05) is 40.4 Å². The van der Waals surface area contributed by atoms with E-state index >= 15 is 0 Å². The minimum atomic E-state index is -0.480. The topological polar surface area (TPSA) is 59.1 Å². The standard InChI is InChI=1S/C20H20BrFN2O4/c1-27-15-9-14(10-16(12-15)28-2)20(26)24-7-5-23(6-8-24)19(25)13-3-4-17(21)18(22)11-13/h3-4,9-12H,5-8H2,1-2H3. The molecule has 6 nitrogen and oxygen atoms in total. The van der Waals surface area contributed by atoms with Crippen molar-refractivity contribution < 1.29 is 23.5 Å². The van der Waals surface area contributed by atoms with E-state index in [9.17, 15) is 14.0 Å². The number of carbonyl (C=O) groups is 2. The number of hydrogen-bond acceptors (Lipinski definition) is 4. The van der Waals surface area contributed by atoms with Gasteiger partial charge in [0.25, 0.3) is 11.8 Å². The first-order chi connectivity index (χ1) is 13.4. The number of hydrogen-bond donors (Lipinski definition) is 0. The number of piperazine rings is 1. The highest BCUT2D eigenvalue weighted by molar-refractivity contribution is 9.10. The molecule has 0 aliphatic carbocycles. The van der Waals surface area contributed by atoms with Gasteiger partial charge in [-0.2, -0.15) is 0 Å². The fraction of sp³-hybridized carbons (Fsp3) is 0.300. The average molecular weight is 451 g/mol. The lowest BCUT2D eigenvalue weighted by atomic mass is 10.1. The summed E-state index contributed by atoms with van der Waals surface area (Å²) in [6.45, 7) is 1.54. The Bertz CT molecular complexity index is 876. The van der Waals surface area contributed by atoms with E-state index in [1.807, 2.05) is 0 Å². The number of carbonyl (C=O) groups excluding carboxylic acids is 2. The SMILES string of the molecule is COc1cc(OC)cc(C(=O)N2CCN(C(=O)c3ccc(Br)c(F)c3)CC2)c1. The Morgan fingerprint density at radius 1 is 0.857 bits per heavy atom. The molecule has 2 amide bonds. The predicted molar refractivity (Wildman–Crippen MR) is 105 cm³/mol. The lowest BCUT2D eigenvalue weighted by Crippen LogP contribution is -2.50. The Morgan fingerprint density at radius 2 is 1.36 bits per heavy atom. The number of amides is 2. The van der Waals surface area contributed by atoms with E-state index in [4.69, 9.17) is 9.47 Å². The summed E-state index contributed by atoms with van der Waals surface area (Å²) in [5, 5.41) is 0. The second-order valence-electron chi connectivity index (χ2n) is 6.31. The van der Waals surface area contributed by atoms with Gasteiger partial charge in [-0.25, -0.2) is 4.39 Å². The van der Waals surface area contributed by atoms with Crippen molar-refractivity contribution in [1.82, 2.24) is 9.80 Å². The van der Waals surface area contributed by atoms with Gasteiger partial charge in [-0.05, 0) is 46.3 Å². The molecule has 0 N–H and O–H groups in total. The number of methoxy groups -OCH3 is 2. The van der Waals surface area contributed by atoms with E-state index in [2.05, 4.69) is 15.9 Å². The van der Waals surface area contributed by atoms with Gasteiger partial charge in [0.2, 0.25) is 0 Å². The molecule has 3 rings (SSSR count). The van der Waals surface area contributed by atoms with Crippen molar-refractivity contribution in [2.45, 2.75) is 0 Å². The van der Waals surface area contributed by atoms with Crippen LogP contribution < -0.4 is 9.47 Å². The van der Waals surface area contributed by atoms with Gasteiger partial charge in [0.1, 0.15) is 17.3 Å². The molecule has 0 unspecified atom stereocenters. The number of nitrogens with zero attached hydrogens (tertiary/aromatic N) is 2. The van der Waals surface area contributed by atoms with Crippen LogP contribution in [0, 0.1) is 5.82 Å². The van der Waals surface area contributed by atoms with Crippen LogP contribution in [0.1, 0.15) is 20.7 Å². The highest BCUT2D eigenvalue weighted by Gasteiger charge is 2.26. The summed E-state index contributed by atoms with van der Waals surface area (Å²) >= 11 is 3.08. The largest absolute Gasteiger partial charge is 0.497 e. The molecule has 1 heterocycles. The maximum Gasteiger partial charge on any atom is 0.254 e. The van der Waals surface area contributed by atoms with Gasteiger partial charge in [0.05, 0.1) is 18.7 Å². The quantitative estimate of drug-likeness (QED) is 0.717. The zero-order valence-electron chi connectivity index (χ0n) is 15.6. The fourth-order valence-electron chi connectivity index (χ4n) is 3.04. The normalized spacial score (nSPS) is 14.0. The first-order valence-electron chi connectivity index (χ1n) is 8.69. The van der Waals surface area contributed by atoms with Crippen molar-refractivity contribution in [1.29, 1.82) is 0 Å². The summed E-state index contributed by atoms with van der Waals surface area (Å²) in [5.74, 6) is 0.190. The molecule has 1 aliphatic rings. The summed E-state index contributed by atoms with van der Waals surface area (Å²) < 4.78 is 24.4. The molecular weight excluding hydrogens is 431 g/mol. The van der Waals surface area contributed by atoms with E-state index in [-0.39, 0.29) is 17.4 Å². The minimum absolute atomic E-state index is 0.154. The number of benzene rings is 2. The molecule has 1 fully saturated rings. The van der Waals surface area contributed by atoms with E-state index < -0.39 is 5.82 Å². The molecule has 1 aliphatic heterocycles. The van der Waals surface area contributed by atoms with Gasteiger partial charge in [0.15, 0.2) is 0 Å². The Hall–Kier alpha value is -2.61. The van der Waals surface area contributed by atoms with Crippen LogP contribution in [-0.4, -0.2) is 62.0 Å². The van der Waals surface area contributed by atoms with Crippen molar-refractivity contribution >= 4 is 27.7 Å². The molecule has 0 aromatic heterocycles. The Morgan fingerprint density at radius 3 is 1.82 bits per heavy atom. The third kappa shape index (κ3) is 4.27. The predicted octanol–water partition coefficient (Wildman–Crippen LogP) is 3.20. The van der Waals surface area contributed by atoms with Gasteiger partial charge < -0.3 is 19.3 Å². The summed E-state index contributed by atoms with van der Waals surface area (Å²) in [6, 6.07) is 9.32. The molecule has 0 radical (unpaired) electrons. The van der Waals surface area contributed by atoms with Crippen LogP contribution >= 0.6 is 15.9 Å². The number of ether oxygens (including phenoxy) is 2. The van der Waals surface area contributed by atoms with Gasteiger partial charge in [-0.1, -0.05) is 0 Å². The molecule has 2 aromatic rings. The maximum atomic E-state index is 13.7. The fourth-order valence-corrected chi connectivity index (χ4v) is 3.28. The maximum absolute atomic E-state index is 13.7. The summed E-state index contributed by atoms with van der Waals surface area (Å²) in [5.41, 5.74) is 0.754. The second-order valence-corrected chi connectivity index (χ2v) is 7.17. The van der Waals surface area contributed by atoms with Gasteiger partial charge in [-0.3, -0.25) is 9.59 Å². The highest BCUT2D eigenvalue weighted by Crippen LogP contribution is 2.24. The number of rotatable bonds is 4. The molecule has 28 heavy (non-hydrogen) atoms. The number of halogens is 2. The second kappa shape index (κ2) is 8.60. The Balaban J connectivity index is 1.67. The molecule has 0 atom stereocenters. The molecular formula is C20H20BrFN2O4. The molecule has 1 saturated heterocycles. The van der Waals surface area contributed by atoms with Crippen molar-refractivity contribution in [3.8, 4) is 11.5 Å². The van der Waals surface area contributed by atoms with E-state index in [0.29, 0.717) is 47.7 Å². The van der Waals surface area contributed by atoms with Crippen molar-refractivity contribution in [2.24, 2.45) is 0 Å². The molecule has 0 saturated carbocycles. The van der Waals surface area contributed by atoms with Crippen LogP contribution in [0.4, 0.5) is 4.39 Å². The zero-order chi connectivity index (χ0) is 20.3. The molecule has 2 aromatic carbocycles. The van der Waals surface area contributed by atoms with E-state index in [1.165, 1.54) is 26.4 Å². The average Bonchev–Trinajstić information content (AvgIpc) is 2.74. The minimum Gasteiger partial charge on any atom is -0.497 e. The first-order valence-corrected chi connectivity index (χ1v) is 9.49. The van der Waals surface area contributed by atoms with Crippen LogP contribution in [-0.2, 0) is 0 Å². The summed E-state index contributed by atoms with van der Waals surface area (Å²) in [4.78, 5) is 28.7. The van der Waals surface area contributed by atoms with Crippen molar-refractivity contribution in [3.05, 3.63) is 57.8 Å². The summed E-state index contributed by atoms with van der Waals surface area (Å²) in [7, 11) is 3.05. The van der Waals surface area contributed by atoms with Gasteiger partial charge in [0, 0.05) is 43.4 Å². The third-order valence-electron chi connectivity index (χ3n) is 4.62. The van der Waals surface area contributed by atoms with Crippen molar-refractivity contribution in [3.63, 3.8) is 0 Å². The van der Waals surface area contributed by atoms with Crippen LogP contribution in [0.15, 0.2) is 40.9 Å². The van der Waals surface area contributed by atoms with Crippen LogP contribution in [0.2, 0.25) is 0 Å². The summed E-state index contributed by atoms with van der Waals surface area (Å²) in [6.07, 6.45) is 0. The zero-order valence-corrected chi connectivity index (χ0v) is 17.2.